The van der Waals surface area contributed by atoms with Gasteiger partial charge < -0.3 is 20.4 Å². The number of hydrogen-bond donors (Lipinski definition) is 4. The number of carboxylic acids is 4. The Morgan fingerprint density at radius 2 is 1.03 bits per heavy atom. The highest BCUT2D eigenvalue weighted by Crippen LogP contribution is 2.14. The number of carbonyl (C=O) groups excluding carboxylic acids is 1. The molecule has 1 aromatic carbocycles. The molecule has 0 heterocycles. The van der Waals surface area contributed by atoms with Crippen molar-refractivity contribution in [2.24, 2.45) is 4.99 Å². The Kier molecular flexibility index (Phi) is 12.0. The van der Waals surface area contributed by atoms with E-state index in [0.717, 1.165) is 5.56 Å². The van der Waals surface area contributed by atoms with Crippen molar-refractivity contribution in [3.8, 4) is 0 Å². The Morgan fingerprint density at radius 3 is 1.36 bits per heavy atom. The minimum atomic E-state index is -1.18. The largest absolute Gasteiger partial charge is 0.480 e. The molecular formula is C20H26N4O9. The van der Waals surface area contributed by atoms with Crippen LogP contribution in [0.4, 0.5) is 5.69 Å². The van der Waals surface area contributed by atoms with Crippen LogP contribution in [-0.4, -0.2) is 117 Å². The first-order valence-corrected chi connectivity index (χ1v) is 9.80. The van der Waals surface area contributed by atoms with Gasteiger partial charge in [-0.2, -0.15) is 4.99 Å². The highest BCUT2D eigenvalue weighted by molar-refractivity contribution is 5.73. The van der Waals surface area contributed by atoms with Crippen LogP contribution in [0.2, 0.25) is 0 Å². The molecule has 0 fully saturated rings. The van der Waals surface area contributed by atoms with E-state index in [0.29, 0.717) is 12.2 Å². The number of aliphatic imine (C=N–C) groups is 1. The molecule has 0 spiro atoms. The molecule has 1 aromatic rings. The zero-order valence-corrected chi connectivity index (χ0v) is 17.8. The van der Waals surface area contributed by atoms with Crippen molar-refractivity contribution in [1.82, 2.24) is 14.7 Å². The maximum atomic E-state index is 11.0. The molecule has 180 valence electrons. The zero-order chi connectivity index (χ0) is 24.8. The molecule has 0 aromatic heterocycles. The van der Waals surface area contributed by atoms with Gasteiger partial charge in [-0.05, 0) is 17.7 Å². The summed E-state index contributed by atoms with van der Waals surface area (Å²) in [5, 5.41) is 36.0. The van der Waals surface area contributed by atoms with Crippen molar-refractivity contribution in [2.75, 3.05) is 52.4 Å². The third-order valence-corrected chi connectivity index (χ3v) is 4.42. The SMILES string of the molecule is O=C=Nc1ccc(CN(CCN(CC(=O)O)CC(=O)O)CCN(CC(=O)O)CC(=O)O)cc1. The molecule has 33 heavy (non-hydrogen) atoms. The second-order valence-corrected chi connectivity index (χ2v) is 7.14. The van der Waals surface area contributed by atoms with Gasteiger partial charge in [0, 0.05) is 32.7 Å². The van der Waals surface area contributed by atoms with Crippen LogP contribution in [0, 0.1) is 0 Å². The van der Waals surface area contributed by atoms with Crippen LogP contribution >= 0.6 is 0 Å². The molecule has 0 aliphatic heterocycles. The van der Waals surface area contributed by atoms with Crippen LogP contribution < -0.4 is 0 Å². The van der Waals surface area contributed by atoms with E-state index >= 15 is 0 Å². The Morgan fingerprint density at radius 1 is 0.667 bits per heavy atom. The average molecular weight is 466 g/mol. The third kappa shape index (κ3) is 12.7. The predicted molar refractivity (Wildman–Crippen MR) is 113 cm³/mol. The first-order valence-electron chi connectivity index (χ1n) is 9.80. The van der Waals surface area contributed by atoms with E-state index in [2.05, 4.69) is 4.99 Å². The predicted octanol–water partition coefficient (Wildman–Crippen LogP) is -0.602. The molecule has 0 bridgehead atoms. The lowest BCUT2D eigenvalue weighted by molar-refractivity contribution is -0.143. The van der Waals surface area contributed by atoms with E-state index in [1.165, 1.54) is 15.9 Å². The Balaban J connectivity index is 2.93. The smallest absolute Gasteiger partial charge is 0.317 e. The maximum Gasteiger partial charge on any atom is 0.317 e. The van der Waals surface area contributed by atoms with E-state index in [1.54, 1.807) is 24.3 Å². The molecule has 0 atom stereocenters. The second-order valence-electron chi connectivity index (χ2n) is 7.14. The normalized spacial score (nSPS) is 10.9. The summed E-state index contributed by atoms with van der Waals surface area (Å²) in [5.74, 6) is -4.71. The van der Waals surface area contributed by atoms with Gasteiger partial charge in [0.15, 0.2) is 0 Å². The second kappa shape index (κ2) is 14.4. The topological polar surface area (TPSA) is 188 Å². The summed E-state index contributed by atoms with van der Waals surface area (Å²) in [7, 11) is 0. The Hall–Kier alpha value is -3.64. The standard InChI is InChI=1S/C20H26N4O9/c25-14-21-16-3-1-15(2-4-16)9-22(5-7-23(10-17(26)27)11-18(28)29)6-8-24(12-19(30)31)13-20(32)33/h1-4H,5-13H2,(H,26,27)(H,28,29)(H,30,31)(H,32,33). The van der Waals surface area contributed by atoms with Crippen molar-refractivity contribution < 1.29 is 44.4 Å². The molecule has 0 aliphatic carbocycles. The van der Waals surface area contributed by atoms with Crippen LogP contribution in [0.25, 0.3) is 0 Å². The molecule has 0 saturated carbocycles. The molecule has 0 saturated heterocycles. The maximum absolute atomic E-state index is 11.0. The molecule has 13 heteroatoms. The summed E-state index contributed by atoms with van der Waals surface area (Å²) < 4.78 is 0. The van der Waals surface area contributed by atoms with Gasteiger partial charge in [0.1, 0.15) is 0 Å². The van der Waals surface area contributed by atoms with Crippen molar-refractivity contribution in [3.05, 3.63) is 29.8 Å². The highest BCUT2D eigenvalue weighted by atomic mass is 16.4. The Labute approximate surface area is 189 Å². The lowest BCUT2D eigenvalue weighted by Gasteiger charge is -2.28. The van der Waals surface area contributed by atoms with Crippen molar-refractivity contribution >= 4 is 35.6 Å². The van der Waals surface area contributed by atoms with Crippen molar-refractivity contribution in [3.63, 3.8) is 0 Å². The molecule has 4 N–H and O–H groups in total. The molecule has 0 radical (unpaired) electrons. The van der Waals surface area contributed by atoms with E-state index in [4.69, 9.17) is 20.4 Å². The van der Waals surface area contributed by atoms with Crippen LogP contribution in [0.3, 0.4) is 0 Å². The quantitative estimate of drug-likeness (QED) is 0.169. The number of isocyanates is 1. The first kappa shape index (κ1) is 27.4. The van der Waals surface area contributed by atoms with E-state index in [-0.39, 0.29) is 26.2 Å². The van der Waals surface area contributed by atoms with Gasteiger partial charge in [-0.3, -0.25) is 33.9 Å². The van der Waals surface area contributed by atoms with Crippen LogP contribution in [0.5, 0.6) is 0 Å². The third-order valence-electron chi connectivity index (χ3n) is 4.42. The number of rotatable bonds is 17. The van der Waals surface area contributed by atoms with Gasteiger partial charge >= 0.3 is 23.9 Å². The fourth-order valence-corrected chi connectivity index (χ4v) is 3.02. The summed E-state index contributed by atoms with van der Waals surface area (Å²) in [4.78, 5) is 62.3. The number of benzene rings is 1. The lowest BCUT2D eigenvalue weighted by Crippen LogP contribution is -2.44. The van der Waals surface area contributed by atoms with Crippen molar-refractivity contribution in [2.45, 2.75) is 6.54 Å². The number of nitrogens with zero attached hydrogens (tertiary/aromatic N) is 4. The summed E-state index contributed by atoms with van der Waals surface area (Å²) in [6.07, 6.45) is 1.43. The van der Waals surface area contributed by atoms with Gasteiger partial charge in [0.2, 0.25) is 6.08 Å². The summed E-state index contributed by atoms with van der Waals surface area (Å²) >= 11 is 0. The van der Waals surface area contributed by atoms with Gasteiger partial charge in [-0.1, -0.05) is 12.1 Å². The number of carboxylic acid groups (broad SMARTS) is 4. The molecule has 0 aliphatic rings. The summed E-state index contributed by atoms with van der Waals surface area (Å²) in [6, 6.07) is 6.62. The van der Waals surface area contributed by atoms with Crippen LogP contribution in [0.15, 0.2) is 29.3 Å². The number of hydrogen-bond acceptors (Lipinski definition) is 9. The van der Waals surface area contributed by atoms with E-state index < -0.39 is 50.1 Å². The van der Waals surface area contributed by atoms with Gasteiger partial charge in [0.25, 0.3) is 0 Å². The molecular weight excluding hydrogens is 440 g/mol. The fraction of sp³-hybridized carbons (Fsp3) is 0.450. The molecule has 1 rings (SSSR count). The fourth-order valence-electron chi connectivity index (χ4n) is 3.02. The van der Waals surface area contributed by atoms with Crippen LogP contribution in [0.1, 0.15) is 5.56 Å². The Bertz CT molecular complexity index is 797. The number of carbonyl (C=O) groups is 4. The molecule has 0 amide bonds. The van der Waals surface area contributed by atoms with E-state index in [1.807, 2.05) is 4.90 Å². The minimum Gasteiger partial charge on any atom is -0.480 e. The average Bonchev–Trinajstić information content (AvgIpc) is 2.69. The van der Waals surface area contributed by atoms with Crippen molar-refractivity contribution in [1.29, 1.82) is 0 Å². The highest BCUT2D eigenvalue weighted by Gasteiger charge is 2.18. The van der Waals surface area contributed by atoms with Gasteiger partial charge in [-0.25, -0.2) is 4.79 Å². The van der Waals surface area contributed by atoms with Crippen LogP contribution in [-0.2, 0) is 30.5 Å². The van der Waals surface area contributed by atoms with Gasteiger partial charge in [0.05, 0.1) is 31.9 Å². The number of aliphatic carboxylic acids is 4. The van der Waals surface area contributed by atoms with Gasteiger partial charge in [-0.15, -0.1) is 0 Å². The van der Waals surface area contributed by atoms with E-state index in [9.17, 15) is 24.0 Å². The zero-order valence-electron chi connectivity index (χ0n) is 17.8. The summed E-state index contributed by atoms with van der Waals surface area (Å²) in [5.41, 5.74) is 1.20. The molecule has 0 unspecified atom stereocenters. The molecule has 13 nitrogen and oxygen atoms in total. The summed E-state index contributed by atoms with van der Waals surface area (Å²) in [6.45, 7) is -0.872. The lowest BCUT2D eigenvalue weighted by atomic mass is 10.2. The monoisotopic (exact) mass is 466 g/mol. The first-order chi connectivity index (χ1) is 15.6. The minimum absolute atomic E-state index is 0.101.